The lowest BCUT2D eigenvalue weighted by Crippen LogP contribution is -2.12. The highest BCUT2D eigenvalue weighted by atomic mass is 16.6. The van der Waals surface area contributed by atoms with Gasteiger partial charge in [0, 0.05) is 6.42 Å². The molecule has 0 N–H and O–H groups in total. The summed E-state index contributed by atoms with van der Waals surface area (Å²) in [6.45, 7) is 1.92. The Morgan fingerprint density at radius 3 is 2.62 bits per heavy atom. The van der Waals surface area contributed by atoms with E-state index in [0.717, 1.165) is 12.8 Å². The van der Waals surface area contributed by atoms with Gasteiger partial charge in [-0.15, -0.1) is 0 Å². The maximum absolute atomic E-state index is 11.1. The first-order valence-electron chi connectivity index (χ1n) is 5.00. The Balaban J connectivity index is 3.50. The minimum absolute atomic E-state index is 0.267. The first-order valence-corrected chi connectivity index (χ1v) is 5.00. The van der Waals surface area contributed by atoms with Crippen LogP contribution in [-0.4, -0.2) is 30.9 Å². The molecule has 1 atom stereocenters. The van der Waals surface area contributed by atoms with Crippen LogP contribution in [0.1, 0.15) is 32.6 Å². The van der Waals surface area contributed by atoms with Crippen LogP contribution in [0.4, 0.5) is 0 Å². The maximum atomic E-state index is 11.1. The standard InChI is InChI=1S/C10H14N2O4/c1-9(12-8-14)16-10(15)5-3-2-4-6-11-7-13/h9H,2-6H2,1H3. The highest BCUT2D eigenvalue weighted by Crippen LogP contribution is 2.03. The van der Waals surface area contributed by atoms with Gasteiger partial charge in [-0.1, -0.05) is 6.42 Å². The molecule has 0 aromatic rings. The monoisotopic (exact) mass is 226 g/mol. The molecule has 0 bridgehead atoms. The average Bonchev–Trinajstić information content (AvgIpc) is 2.23. The summed E-state index contributed by atoms with van der Waals surface area (Å²) in [4.78, 5) is 37.3. The number of isocyanates is 2. The van der Waals surface area contributed by atoms with Crippen molar-refractivity contribution in [2.45, 2.75) is 38.8 Å². The Morgan fingerprint density at radius 2 is 2.00 bits per heavy atom. The zero-order valence-electron chi connectivity index (χ0n) is 9.14. The number of nitrogens with zero attached hydrogens (tertiary/aromatic N) is 2. The van der Waals surface area contributed by atoms with E-state index in [9.17, 15) is 14.4 Å². The third-order valence-corrected chi connectivity index (χ3v) is 1.75. The van der Waals surface area contributed by atoms with Crippen LogP contribution in [0.15, 0.2) is 9.98 Å². The van der Waals surface area contributed by atoms with Gasteiger partial charge in [0.1, 0.15) is 0 Å². The van der Waals surface area contributed by atoms with Crippen LogP contribution in [0, 0.1) is 0 Å². The number of carbonyl (C=O) groups excluding carboxylic acids is 3. The number of ether oxygens (including phenoxy) is 1. The summed E-state index contributed by atoms with van der Waals surface area (Å²) >= 11 is 0. The lowest BCUT2D eigenvalue weighted by Gasteiger charge is -2.06. The summed E-state index contributed by atoms with van der Waals surface area (Å²) < 4.78 is 4.76. The number of aliphatic imine (C=N–C) groups is 2. The van der Waals surface area contributed by atoms with Crippen molar-refractivity contribution < 1.29 is 19.1 Å². The number of hydrogen-bond acceptors (Lipinski definition) is 6. The molecule has 0 aliphatic heterocycles. The zero-order chi connectivity index (χ0) is 12.2. The summed E-state index contributed by atoms with van der Waals surface area (Å²) in [6.07, 6.45) is 4.43. The fourth-order valence-corrected chi connectivity index (χ4v) is 1.03. The van der Waals surface area contributed by atoms with Gasteiger partial charge in [-0.05, 0) is 19.8 Å². The predicted molar refractivity (Wildman–Crippen MR) is 55.1 cm³/mol. The second-order valence-corrected chi connectivity index (χ2v) is 3.09. The third-order valence-electron chi connectivity index (χ3n) is 1.75. The quantitative estimate of drug-likeness (QED) is 0.268. The number of unbranched alkanes of at least 4 members (excludes halogenated alkanes) is 2. The molecule has 0 amide bonds. The van der Waals surface area contributed by atoms with Gasteiger partial charge in [-0.3, -0.25) is 4.79 Å². The van der Waals surface area contributed by atoms with Crippen molar-refractivity contribution >= 4 is 18.1 Å². The van der Waals surface area contributed by atoms with Crippen LogP contribution in [-0.2, 0) is 19.1 Å². The predicted octanol–water partition coefficient (Wildman–Crippen LogP) is 1.11. The van der Waals surface area contributed by atoms with Gasteiger partial charge in [0.05, 0.1) is 6.54 Å². The van der Waals surface area contributed by atoms with Crippen molar-refractivity contribution in [3.8, 4) is 0 Å². The van der Waals surface area contributed by atoms with E-state index < -0.39 is 12.2 Å². The van der Waals surface area contributed by atoms with Crippen molar-refractivity contribution in [1.29, 1.82) is 0 Å². The van der Waals surface area contributed by atoms with E-state index in [-0.39, 0.29) is 6.42 Å². The highest BCUT2D eigenvalue weighted by molar-refractivity contribution is 5.69. The van der Waals surface area contributed by atoms with Gasteiger partial charge in [0.2, 0.25) is 18.4 Å². The van der Waals surface area contributed by atoms with Crippen molar-refractivity contribution in [3.05, 3.63) is 0 Å². The molecule has 1 unspecified atom stereocenters. The first-order chi connectivity index (χ1) is 7.70. The molecular weight excluding hydrogens is 212 g/mol. The van der Waals surface area contributed by atoms with Gasteiger partial charge in [-0.25, -0.2) is 14.6 Å². The Bertz CT molecular complexity index is 304. The molecule has 0 fully saturated rings. The van der Waals surface area contributed by atoms with Crippen LogP contribution in [0.5, 0.6) is 0 Å². The lowest BCUT2D eigenvalue weighted by atomic mass is 10.2. The average molecular weight is 226 g/mol. The molecule has 0 radical (unpaired) electrons. The Hall–Kier alpha value is -1.77. The smallest absolute Gasteiger partial charge is 0.307 e. The molecule has 16 heavy (non-hydrogen) atoms. The SMILES string of the molecule is CC(N=C=O)OC(=O)CCCCCN=C=O. The van der Waals surface area contributed by atoms with Crippen LogP contribution < -0.4 is 0 Å². The number of esters is 1. The lowest BCUT2D eigenvalue weighted by molar-refractivity contribution is -0.147. The van der Waals surface area contributed by atoms with E-state index in [1.807, 2.05) is 0 Å². The fraction of sp³-hybridized carbons (Fsp3) is 0.700. The molecule has 0 aliphatic carbocycles. The Morgan fingerprint density at radius 1 is 1.25 bits per heavy atom. The highest BCUT2D eigenvalue weighted by Gasteiger charge is 2.06. The zero-order valence-corrected chi connectivity index (χ0v) is 9.14. The molecule has 0 aromatic carbocycles. The third kappa shape index (κ3) is 8.81. The molecule has 6 nitrogen and oxygen atoms in total. The van der Waals surface area contributed by atoms with E-state index in [1.54, 1.807) is 0 Å². The first kappa shape index (κ1) is 14.2. The molecular formula is C10H14N2O4. The fourth-order valence-electron chi connectivity index (χ4n) is 1.03. The summed E-state index contributed by atoms with van der Waals surface area (Å²) in [5, 5.41) is 0. The van der Waals surface area contributed by atoms with Crippen molar-refractivity contribution in [3.63, 3.8) is 0 Å². The molecule has 0 saturated heterocycles. The van der Waals surface area contributed by atoms with Gasteiger partial charge in [0.25, 0.3) is 0 Å². The van der Waals surface area contributed by atoms with E-state index in [0.29, 0.717) is 13.0 Å². The van der Waals surface area contributed by atoms with Crippen LogP contribution >= 0.6 is 0 Å². The second kappa shape index (κ2) is 9.77. The normalized spacial score (nSPS) is 10.8. The minimum atomic E-state index is -0.773. The van der Waals surface area contributed by atoms with Crippen LogP contribution in [0.3, 0.4) is 0 Å². The number of carbonyl (C=O) groups is 1. The Labute approximate surface area is 93.4 Å². The largest absolute Gasteiger partial charge is 0.439 e. The summed E-state index contributed by atoms with van der Waals surface area (Å²) in [6, 6.07) is 0. The van der Waals surface area contributed by atoms with Crippen molar-refractivity contribution in [2.24, 2.45) is 9.98 Å². The second-order valence-electron chi connectivity index (χ2n) is 3.09. The van der Waals surface area contributed by atoms with E-state index >= 15 is 0 Å². The number of rotatable bonds is 8. The van der Waals surface area contributed by atoms with Gasteiger partial charge in [0.15, 0.2) is 0 Å². The van der Waals surface area contributed by atoms with Crippen molar-refractivity contribution in [2.75, 3.05) is 6.54 Å². The van der Waals surface area contributed by atoms with Gasteiger partial charge >= 0.3 is 5.97 Å². The minimum Gasteiger partial charge on any atom is -0.439 e. The molecule has 0 heterocycles. The van der Waals surface area contributed by atoms with Gasteiger partial charge in [-0.2, -0.15) is 4.99 Å². The van der Waals surface area contributed by atoms with E-state index in [4.69, 9.17) is 4.74 Å². The topological polar surface area (TPSA) is 85.2 Å². The molecule has 0 spiro atoms. The maximum Gasteiger partial charge on any atom is 0.307 e. The van der Waals surface area contributed by atoms with Crippen molar-refractivity contribution in [1.82, 2.24) is 0 Å². The van der Waals surface area contributed by atoms with Crippen LogP contribution in [0.25, 0.3) is 0 Å². The Kier molecular flexibility index (Phi) is 8.69. The molecule has 88 valence electrons. The summed E-state index contributed by atoms with van der Waals surface area (Å²) in [5.41, 5.74) is 0. The molecule has 0 aliphatic rings. The number of hydrogen-bond donors (Lipinski definition) is 0. The van der Waals surface area contributed by atoms with E-state index in [1.165, 1.54) is 19.1 Å². The van der Waals surface area contributed by atoms with Gasteiger partial charge < -0.3 is 4.74 Å². The molecule has 0 saturated carbocycles. The summed E-state index contributed by atoms with van der Waals surface area (Å²) in [7, 11) is 0. The molecule has 0 aromatic heterocycles. The van der Waals surface area contributed by atoms with Crippen LogP contribution in [0.2, 0.25) is 0 Å². The molecule has 0 rings (SSSR count). The molecule has 6 heteroatoms. The van der Waals surface area contributed by atoms with E-state index in [2.05, 4.69) is 9.98 Å². The summed E-state index contributed by atoms with van der Waals surface area (Å²) in [5.74, 6) is -0.398.